The second-order valence-electron chi connectivity index (χ2n) is 8.02. The molecular formula is C20H23ClFN5O2. The van der Waals surface area contributed by atoms with E-state index in [-0.39, 0.29) is 23.0 Å². The van der Waals surface area contributed by atoms with Gasteiger partial charge in [-0.2, -0.15) is 9.78 Å². The Bertz CT molecular complexity index is 918. The maximum atomic E-state index is 13.6. The molecule has 3 heterocycles. The molecule has 2 aliphatic rings. The van der Waals surface area contributed by atoms with Gasteiger partial charge in [0, 0.05) is 37.4 Å². The number of carbonyl (C=O) groups excluding carboxylic acids is 2. The number of piperidine rings is 1. The number of hydrogen-bond acceptors (Lipinski definition) is 4. The van der Waals surface area contributed by atoms with Crippen LogP contribution in [0.25, 0.3) is 0 Å². The smallest absolute Gasteiger partial charge is 0.344 e. The molecule has 0 unspecified atom stereocenters. The highest BCUT2D eigenvalue weighted by Crippen LogP contribution is 2.41. The van der Waals surface area contributed by atoms with Gasteiger partial charge in [0.1, 0.15) is 5.82 Å². The van der Waals surface area contributed by atoms with Crippen LogP contribution in [0.1, 0.15) is 35.3 Å². The molecule has 9 heteroatoms. The lowest BCUT2D eigenvalue weighted by Crippen LogP contribution is -2.45. The molecule has 1 aromatic carbocycles. The van der Waals surface area contributed by atoms with Gasteiger partial charge >= 0.3 is 6.03 Å². The fraction of sp³-hybridized carbons (Fsp3) is 0.450. The third-order valence-electron chi connectivity index (χ3n) is 5.98. The Morgan fingerprint density at radius 1 is 1.17 bits per heavy atom. The molecule has 2 saturated heterocycles. The summed E-state index contributed by atoms with van der Waals surface area (Å²) in [6.45, 7) is 3.83. The summed E-state index contributed by atoms with van der Waals surface area (Å²) in [6.07, 6.45) is 4.34. The topological polar surface area (TPSA) is 84.5 Å². The van der Waals surface area contributed by atoms with Crippen LogP contribution >= 0.6 is 11.6 Å². The quantitative estimate of drug-likeness (QED) is 0.829. The SMILES string of the molecule is NC(=O)c1ccn(C(=O)N2CCC3(CCN(Cc4cc(F)cc(Cl)c4)C3)CC2)n1. The van der Waals surface area contributed by atoms with Crippen molar-refractivity contribution >= 4 is 23.5 Å². The Balaban J connectivity index is 1.34. The summed E-state index contributed by atoms with van der Waals surface area (Å²) in [5.74, 6) is -0.967. The molecule has 154 valence electrons. The number of carbonyl (C=O) groups is 2. The molecule has 0 radical (unpaired) electrons. The number of hydrogen-bond donors (Lipinski definition) is 1. The Labute approximate surface area is 173 Å². The van der Waals surface area contributed by atoms with Gasteiger partial charge in [0.05, 0.1) is 0 Å². The minimum absolute atomic E-state index is 0.0794. The summed E-state index contributed by atoms with van der Waals surface area (Å²) in [5, 5.41) is 4.36. The minimum atomic E-state index is -0.653. The van der Waals surface area contributed by atoms with Crippen LogP contribution in [0.5, 0.6) is 0 Å². The molecular weight excluding hydrogens is 397 g/mol. The highest BCUT2D eigenvalue weighted by Gasteiger charge is 2.41. The Hall–Kier alpha value is -2.45. The van der Waals surface area contributed by atoms with Crippen molar-refractivity contribution in [1.82, 2.24) is 19.6 Å². The van der Waals surface area contributed by atoms with Gasteiger partial charge in [-0.3, -0.25) is 9.69 Å². The number of likely N-dealkylation sites (tertiary alicyclic amines) is 2. The number of nitrogens with zero attached hydrogens (tertiary/aromatic N) is 4. The highest BCUT2D eigenvalue weighted by molar-refractivity contribution is 6.30. The van der Waals surface area contributed by atoms with Gasteiger partial charge in [-0.25, -0.2) is 9.18 Å². The van der Waals surface area contributed by atoms with Crippen molar-refractivity contribution in [3.8, 4) is 0 Å². The first kappa shape index (κ1) is 19.8. The van der Waals surface area contributed by atoms with E-state index >= 15 is 0 Å². The van der Waals surface area contributed by atoms with Crippen molar-refractivity contribution in [2.45, 2.75) is 25.8 Å². The molecule has 2 aliphatic heterocycles. The first-order valence-electron chi connectivity index (χ1n) is 9.66. The van der Waals surface area contributed by atoms with Gasteiger partial charge < -0.3 is 10.6 Å². The fourth-order valence-electron chi connectivity index (χ4n) is 4.41. The van der Waals surface area contributed by atoms with Crippen molar-refractivity contribution in [1.29, 1.82) is 0 Å². The molecule has 29 heavy (non-hydrogen) atoms. The van der Waals surface area contributed by atoms with Crippen LogP contribution in [0.4, 0.5) is 9.18 Å². The van der Waals surface area contributed by atoms with Gasteiger partial charge in [-0.05, 0) is 61.1 Å². The van der Waals surface area contributed by atoms with Crippen LogP contribution in [0.2, 0.25) is 5.02 Å². The Morgan fingerprint density at radius 3 is 2.55 bits per heavy atom. The zero-order valence-electron chi connectivity index (χ0n) is 16.0. The molecule has 7 nitrogen and oxygen atoms in total. The molecule has 2 aromatic rings. The fourth-order valence-corrected chi connectivity index (χ4v) is 4.65. The van der Waals surface area contributed by atoms with Crippen molar-refractivity contribution in [2.75, 3.05) is 26.2 Å². The summed E-state index contributed by atoms with van der Waals surface area (Å²) in [5.41, 5.74) is 6.33. The van der Waals surface area contributed by atoms with E-state index in [0.29, 0.717) is 24.7 Å². The number of rotatable bonds is 3. The summed E-state index contributed by atoms with van der Waals surface area (Å²) < 4.78 is 14.8. The Kier molecular flexibility index (Phi) is 5.31. The average molecular weight is 420 g/mol. The van der Waals surface area contributed by atoms with Crippen molar-refractivity contribution < 1.29 is 14.0 Å². The third kappa shape index (κ3) is 4.28. The van der Waals surface area contributed by atoms with Crippen molar-refractivity contribution in [3.63, 3.8) is 0 Å². The Morgan fingerprint density at radius 2 is 1.90 bits per heavy atom. The third-order valence-corrected chi connectivity index (χ3v) is 6.20. The van der Waals surface area contributed by atoms with Crippen LogP contribution in [-0.4, -0.2) is 57.7 Å². The molecule has 1 aromatic heterocycles. The first-order chi connectivity index (χ1) is 13.8. The van der Waals surface area contributed by atoms with Gasteiger partial charge in [-0.15, -0.1) is 0 Å². The summed E-state index contributed by atoms with van der Waals surface area (Å²) >= 11 is 5.96. The van der Waals surface area contributed by atoms with Crippen LogP contribution in [0.3, 0.4) is 0 Å². The average Bonchev–Trinajstić information content (AvgIpc) is 3.29. The van der Waals surface area contributed by atoms with E-state index in [9.17, 15) is 14.0 Å². The summed E-state index contributed by atoms with van der Waals surface area (Å²) in [6, 6.07) is 5.86. The second-order valence-corrected chi connectivity index (χ2v) is 8.45. The van der Waals surface area contributed by atoms with Crippen LogP contribution in [0, 0.1) is 11.2 Å². The number of nitrogens with two attached hydrogens (primary N) is 1. The molecule has 4 rings (SSSR count). The van der Waals surface area contributed by atoms with Gasteiger partial charge in [0.25, 0.3) is 5.91 Å². The molecule has 0 bridgehead atoms. The first-order valence-corrected chi connectivity index (χ1v) is 10.0. The lowest BCUT2D eigenvalue weighted by Gasteiger charge is -2.39. The van der Waals surface area contributed by atoms with Gasteiger partial charge in [0.2, 0.25) is 0 Å². The molecule has 0 atom stereocenters. The zero-order valence-corrected chi connectivity index (χ0v) is 16.7. The summed E-state index contributed by atoms with van der Waals surface area (Å²) in [7, 11) is 0. The number of aromatic nitrogens is 2. The van der Waals surface area contributed by atoms with E-state index in [4.69, 9.17) is 17.3 Å². The van der Waals surface area contributed by atoms with Crippen molar-refractivity contribution in [2.24, 2.45) is 11.1 Å². The van der Waals surface area contributed by atoms with E-state index in [1.54, 1.807) is 11.0 Å². The molecule has 2 amide bonds. The standard InChI is InChI=1S/C20H23ClFN5O2/c21-15-9-14(10-16(22)11-15)12-25-6-2-20(13-25)3-7-26(8-4-20)19(29)27-5-1-17(24-27)18(23)28/h1,5,9-11H,2-4,6-8,12-13H2,(H2,23,28). The highest BCUT2D eigenvalue weighted by atomic mass is 35.5. The van der Waals surface area contributed by atoms with Crippen molar-refractivity contribution in [3.05, 3.63) is 52.6 Å². The van der Waals surface area contributed by atoms with E-state index < -0.39 is 5.91 Å². The monoisotopic (exact) mass is 419 g/mol. The second kappa shape index (κ2) is 7.76. The molecule has 1 spiro atoms. The van der Waals surface area contributed by atoms with E-state index in [1.807, 2.05) is 0 Å². The maximum Gasteiger partial charge on any atom is 0.344 e. The van der Waals surface area contributed by atoms with Crippen LogP contribution in [0.15, 0.2) is 30.5 Å². The predicted octanol–water partition coefficient (Wildman–Crippen LogP) is 2.73. The van der Waals surface area contributed by atoms with Gasteiger partial charge in [-0.1, -0.05) is 11.6 Å². The summed E-state index contributed by atoms with van der Waals surface area (Å²) in [4.78, 5) is 27.9. The van der Waals surface area contributed by atoms with Gasteiger partial charge in [0.15, 0.2) is 5.69 Å². The predicted molar refractivity (Wildman–Crippen MR) is 106 cm³/mol. The normalized spacial score (nSPS) is 19.0. The molecule has 0 saturated carbocycles. The number of benzene rings is 1. The minimum Gasteiger partial charge on any atom is -0.364 e. The largest absolute Gasteiger partial charge is 0.364 e. The maximum absolute atomic E-state index is 13.6. The van der Waals surface area contributed by atoms with E-state index in [2.05, 4.69) is 10.00 Å². The zero-order chi connectivity index (χ0) is 20.6. The number of halogens is 2. The molecule has 2 N–H and O–H groups in total. The van der Waals surface area contributed by atoms with E-state index in [0.717, 1.165) is 37.9 Å². The van der Waals surface area contributed by atoms with Crippen LogP contribution in [-0.2, 0) is 6.54 Å². The lowest BCUT2D eigenvalue weighted by molar-refractivity contribution is 0.0994. The lowest BCUT2D eigenvalue weighted by atomic mass is 9.78. The number of amides is 2. The van der Waals surface area contributed by atoms with E-state index in [1.165, 1.54) is 29.1 Å². The molecule has 0 aliphatic carbocycles. The van der Waals surface area contributed by atoms with Crippen LogP contribution < -0.4 is 5.73 Å². The molecule has 2 fully saturated rings. The number of primary amides is 1.